The van der Waals surface area contributed by atoms with Crippen LogP contribution in [0.1, 0.15) is 40.5 Å². The Bertz CT molecular complexity index is 754. The van der Waals surface area contributed by atoms with E-state index in [4.69, 9.17) is 0 Å². The van der Waals surface area contributed by atoms with Gasteiger partial charge in [-0.15, -0.1) is 12.4 Å². The van der Waals surface area contributed by atoms with Gasteiger partial charge in [-0.3, -0.25) is 4.79 Å². The van der Waals surface area contributed by atoms with Crippen molar-refractivity contribution >= 4 is 39.7 Å². The van der Waals surface area contributed by atoms with Crippen LogP contribution in [0.4, 0.5) is 11.4 Å². The first-order chi connectivity index (χ1) is 12.8. The Kier molecular flexibility index (Phi) is 9.69. The van der Waals surface area contributed by atoms with Crippen LogP contribution in [0.5, 0.6) is 0 Å². The van der Waals surface area contributed by atoms with Gasteiger partial charge in [0.1, 0.15) is 0 Å². The van der Waals surface area contributed by atoms with E-state index in [1.165, 1.54) is 4.31 Å². The number of carbonyl (C=O) groups is 1. The molecule has 0 spiro atoms. The molecule has 1 aliphatic rings. The van der Waals surface area contributed by atoms with E-state index in [1.807, 2.05) is 20.8 Å². The van der Waals surface area contributed by atoms with Gasteiger partial charge in [0.2, 0.25) is 15.9 Å². The average molecular weight is 433 g/mol. The van der Waals surface area contributed by atoms with Gasteiger partial charge in [0.25, 0.3) is 0 Å². The van der Waals surface area contributed by atoms with Crippen LogP contribution in [0.25, 0.3) is 0 Å². The van der Waals surface area contributed by atoms with E-state index in [1.54, 1.807) is 18.2 Å². The van der Waals surface area contributed by atoms with Gasteiger partial charge < -0.3 is 16.0 Å². The van der Waals surface area contributed by atoms with E-state index in [0.717, 1.165) is 25.1 Å². The lowest BCUT2D eigenvalue weighted by molar-refractivity contribution is -0.120. The number of halogens is 1. The lowest BCUT2D eigenvalue weighted by Gasteiger charge is -2.27. The first kappa shape index (κ1) is 24.7. The summed E-state index contributed by atoms with van der Waals surface area (Å²) < 4.78 is 27.1. The Hall–Kier alpha value is -1.35. The molecule has 1 aliphatic heterocycles. The van der Waals surface area contributed by atoms with Crippen LogP contribution in [0.2, 0.25) is 0 Å². The minimum Gasteiger partial charge on any atom is -0.384 e. The number of nitrogens with zero attached hydrogens (tertiary/aromatic N) is 1. The summed E-state index contributed by atoms with van der Waals surface area (Å²) in [7, 11) is -3.58. The number of anilines is 2. The van der Waals surface area contributed by atoms with Crippen molar-refractivity contribution in [3.63, 3.8) is 0 Å². The number of sulfonamides is 1. The molecule has 9 heteroatoms. The van der Waals surface area contributed by atoms with Gasteiger partial charge in [0, 0.05) is 31.6 Å². The molecular formula is C19H33ClN4O3S. The lowest BCUT2D eigenvalue weighted by atomic mass is 9.92. The van der Waals surface area contributed by atoms with Gasteiger partial charge in [-0.2, -0.15) is 4.31 Å². The van der Waals surface area contributed by atoms with E-state index in [-0.39, 0.29) is 29.1 Å². The molecule has 2 atom stereocenters. The van der Waals surface area contributed by atoms with Crippen LogP contribution in [0, 0.1) is 5.92 Å². The van der Waals surface area contributed by atoms with Crippen LogP contribution in [-0.2, 0) is 14.8 Å². The van der Waals surface area contributed by atoms with E-state index < -0.39 is 10.0 Å². The van der Waals surface area contributed by atoms with Crippen molar-refractivity contribution in [2.45, 2.75) is 51.5 Å². The molecule has 1 fully saturated rings. The zero-order valence-corrected chi connectivity index (χ0v) is 18.8. The molecule has 0 saturated carbocycles. The maximum Gasteiger partial charge on any atom is 0.243 e. The van der Waals surface area contributed by atoms with Crippen molar-refractivity contribution in [3.05, 3.63) is 18.2 Å². The lowest BCUT2D eigenvalue weighted by Crippen LogP contribution is -2.40. The fourth-order valence-electron chi connectivity index (χ4n) is 3.45. The average Bonchev–Trinajstić information content (AvgIpc) is 2.64. The van der Waals surface area contributed by atoms with E-state index in [9.17, 15) is 13.2 Å². The highest BCUT2D eigenvalue weighted by Crippen LogP contribution is 2.28. The Morgan fingerprint density at radius 1 is 1.21 bits per heavy atom. The number of rotatable bonds is 8. The molecule has 3 N–H and O–H groups in total. The first-order valence-electron chi connectivity index (χ1n) is 9.75. The molecule has 0 bridgehead atoms. The molecule has 1 saturated heterocycles. The van der Waals surface area contributed by atoms with Crippen molar-refractivity contribution in [3.8, 4) is 0 Å². The standard InChI is InChI=1S/C19H32N4O3S.ClH/c1-5-20-17-9-8-16(27(25,26)23(6-2)7-3)13-18(17)22-19(24)15-10-11-21-14(4)12-15;/h8-9,13-15,20-21H,5-7,10-12H2,1-4H3,(H,22,24);1H/t14-,15-;/m0./s1. The summed E-state index contributed by atoms with van der Waals surface area (Å²) in [4.78, 5) is 12.9. The summed E-state index contributed by atoms with van der Waals surface area (Å²) in [6.07, 6.45) is 1.56. The second-order valence-electron chi connectivity index (χ2n) is 6.89. The molecular weight excluding hydrogens is 400 g/mol. The number of hydrogen-bond acceptors (Lipinski definition) is 5. The molecule has 1 aromatic carbocycles. The van der Waals surface area contributed by atoms with Gasteiger partial charge in [-0.1, -0.05) is 13.8 Å². The molecule has 0 aromatic heterocycles. The van der Waals surface area contributed by atoms with Crippen molar-refractivity contribution in [1.29, 1.82) is 0 Å². The highest BCUT2D eigenvalue weighted by atomic mass is 35.5. The Labute approximate surface area is 175 Å². The van der Waals surface area contributed by atoms with Gasteiger partial charge in [0.15, 0.2) is 0 Å². The SMILES string of the molecule is CCNc1ccc(S(=O)(=O)N(CC)CC)cc1NC(=O)[C@H]1CCN[C@@H](C)C1.Cl. The van der Waals surface area contributed by atoms with Crippen LogP contribution in [0.3, 0.4) is 0 Å². The normalized spacial score (nSPS) is 19.8. The molecule has 1 amide bonds. The Morgan fingerprint density at radius 2 is 1.89 bits per heavy atom. The predicted octanol–water partition coefficient (Wildman–Crippen LogP) is 2.90. The molecule has 1 heterocycles. The molecule has 28 heavy (non-hydrogen) atoms. The topological polar surface area (TPSA) is 90.5 Å². The molecule has 1 aromatic rings. The number of nitrogens with one attached hydrogen (secondary N) is 3. The third kappa shape index (κ3) is 5.83. The predicted molar refractivity (Wildman–Crippen MR) is 117 cm³/mol. The molecule has 0 aliphatic carbocycles. The summed E-state index contributed by atoms with van der Waals surface area (Å²) in [6.45, 7) is 9.96. The maximum absolute atomic E-state index is 12.8. The maximum atomic E-state index is 12.8. The zero-order chi connectivity index (χ0) is 20.0. The van der Waals surface area contributed by atoms with Crippen LogP contribution >= 0.6 is 12.4 Å². The summed E-state index contributed by atoms with van der Waals surface area (Å²) in [5, 5.41) is 9.49. The fourth-order valence-corrected chi connectivity index (χ4v) is 4.93. The van der Waals surface area contributed by atoms with Gasteiger partial charge in [-0.05, 0) is 51.4 Å². The molecule has 160 valence electrons. The van der Waals surface area contributed by atoms with Crippen LogP contribution < -0.4 is 16.0 Å². The summed E-state index contributed by atoms with van der Waals surface area (Å²) >= 11 is 0. The van der Waals surface area contributed by atoms with Crippen LogP contribution in [0.15, 0.2) is 23.1 Å². The quantitative estimate of drug-likeness (QED) is 0.587. The van der Waals surface area contributed by atoms with Crippen molar-refractivity contribution < 1.29 is 13.2 Å². The summed E-state index contributed by atoms with van der Waals surface area (Å²) in [6, 6.07) is 5.18. The largest absolute Gasteiger partial charge is 0.384 e. The van der Waals surface area contributed by atoms with Gasteiger partial charge in [-0.25, -0.2) is 8.42 Å². The Morgan fingerprint density at radius 3 is 2.46 bits per heavy atom. The monoisotopic (exact) mass is 432 g/mol. The minimum absolute atomic E-state index is 0. The smallest absolute Gasteiger partial charge is 0.243 e. The number of piperidine rings is 1. The fraction of sp³-hybridized carbons (Fsp3) is 0.632. The highest BCUT2D eigenvalue weighted by molar-refractivity contribution is 7.89. The number of benzene rings is 1. The number of amides is 1. The number of carbonyl (C=O) groups excluding carboxylic acids is 1. The molecule has 0 unspecified atom stereocenters. The van der Waals surface area contributed by atoms with Crippen molar-refractivity contribution in [1.82, 2.24) is 9.62 Å². The van der Waals surface area contributed by atoms with Gasteiger partial charge in [0.05, 0.1) is 16.3 Å². The third-order valence-electron chi connectivity index (χ3n) is 4.95. The highest BCUT2D eigenvalue weighted by Gasteiger charge is 2.27. The third-order valence-corrected chi connectivity index (χ3v) is 7.00. The molecule has 7 nitrogen and oxygen atoms in total. The van der Waals surface area contributed by atoms with E-state index in [0.29, 0.717) is 31.4 Å². The van der Waals surface area contributed by atoms with Crippen molar-refractivity contribution in [2.75, 3.05) is 36.8 Å². The second-order valence-corrected chi connectivity index (χ2v) is 8.83. The van der Waals surface area contributed by atoms with E-state index in [2.05, 4.69) is 22.9 Å². The summed E-state index contributed by atoms with van der Waals surface area (Å²) in [5.74, 6) is -0.126. The van der Waals surface area contributed by atoms with E-state index >= 15 is 0 Å². The minimum atomic E-state index is -3.58. The zero-order valence-electron chi connectivity index (χ0n) is 17.1. The first-order valence-corrected chi connectivity index (χ1v) is 11.2. The van der Waals surface area contributed by atoms with Crippen LogP contribution in [-0.4, -0.2) is 50.9 Å². The second kappa shape index (κ2) is 11.0. The Balaban J connectivity index is 0.00000392. The molecule has 0 radical (unpaired) electrons. The van der Waals surface area contributed by atoms with Crippen molar-refractivity contribution in [2.24, 2.45) is 5.92 Å². The molecule has 2 rings (SSSR count). The van der Waals surface area contributed by atoms with Gasteiger partial charge >= 0.3 is 0 Å². The number of hydrogen-bond donors (Lipinski definition) is 3. The summed E-state index contributed by atoms with van der Waals surface area (Å²) in [5.41, 5.74) is 1.24.